The molecule has 0 unspecified atom stereocenters. The molecule has 0 aliphatic heterocycles. The second-order valence-corrected chi connectivity index (χ2v) is 6.77. The fourth-order valence-electron chi connectivity index (χ4n) is 3.00. The summed E-state index contributed by atoms with van der Waals surface area (Å²) in [6, 6.07) is 32.0. The quantitative estimate of drug-likeness (QED) is 0.246. The van der Waals surface area contributed by atoms with Crippen LogP contribution < -0.4 is 0 Å². The molecular weight excluding hydrogens is 573 g/mol. The molecule has 3 aromatic heterocycles. The molecule has 1 radical (unpaired) electrons. The van der Waals surface area contributed by atoms with Crippen molar-refractivity contribution in [2.45, 2.75) is 6.92 Å². The molecule has 0 atom stereocenters. The first kappa shape index (κ1) is 23.1. The summed E-state index contributed by atoms with van der Waals surface area (Å²) in [6.07, 6.45) is 6.90. The summed E-state index contributed by atoms with van der Waals surface area (Å²) in [7, 11) is 0. The fourth-order valence-corrected chi connectivity index (χ4v) is 3.00. The van der Waals surface area contributed by atoms with Gasteiger partial charge in [-0.05, 0) is 36.0 Å². The van der Waals surface area contributed by atoms with Crippen molar-refractivity contribution in [3.05, 3.63) is 122 Å². The van der Waals surface area contributed by atoms with E-state index in [0.717, 1.165) is 39.3 Å². The third-order valence-electron chi connectivity index (χ3n) is 4.51. The van der Waals surface area contributed by atoms with E-state index in [0.29, 0.717) is 0 Å². The summed E-state index contributed by atoms with van der Waals surface area (Å²) >= 11 is 0. The van der Waals surface area contributed by atoms with E-state index in [9.17, 15) is 0 Å². The van der Waals surface area contributed by atoms with Crippen LogP contribution in [0.4, 0.5) is 0 Å². The number of hydrogen-bond acceptors (Lipinski definition) is 4. The Kier molecular flexibility index (Phi) is 8.50. The second kappa shape index (κ2) is 11.8. The van der Waals surface area contributed by atoms with Gasteiger partial charge in [0.05, 0.1) is 0 Å². The standard InChI is InChI=1S/C15H10N3.C12H10N.Ir/c1-2-4-12(5-3-1)15-8-13(6-7-18-15)14-9-16-11-17-10-14;1-10-6-5-9-12(13-10)11-7-3-2-4-8-11;/h1-4,6-11H;2-7,9H,1H3;/q2*-1;. The first-order valence-corrected chi connectivity index (χ1v) is 9.89. The third-order valence-corrected chi connectivity index (χ3v) is 4.51. The number of hydrogen-bond donors (Lipinski definition) is 0. The van der Waals surface area contributed by atoms with Crippen LogP contribution in [0.5, 0.6) is 0 Å². The van der Waals surface area contributed by atoms with Gasteiger partial charge in [0.15, 0.2) is 0 Å². The van der Waals surface area contributed by atoms with Crippen LogP contribution in [0.2, 0.25) is 0 Å². The molecule has 2 aromatic carbocycles. The Hall–Kier alpha value is -3.53. The van der Waals surface area contributed by atoms with Crippen molar-refractivity contribution in [3.63, 3.8) is 0 Å². The Balaban J connectivity index is 0.000000184. The minimum atomic E-state index is 0. The molecule has 4 nitrogen and oxygen atoms in total. The van der Waals surface area contributed by atoms with Crippen LogP contribution in [0.25, 0.3) is 33.6 Å². The van der Waals surface area contributed by atoms with Gasteiger partial charge in [0.1, 0.15) is 6.33 Å². The van der Waals surface area contributed by atoms with Gasteiger partial charge in [-0.3, -0.25) is 0 Å². The zero-order valence-electron chi connectivity index (χ0n) is 17.4. The van der Waals surface area contributed by atoms with E-state index in [-0.39, 0.29) is 20.1 Å². The molecule has 0 aliphatic rings. The van der Waals surface area contributed by atoms with Gasteiger partial charge in [-0.2, -0.15) is 0 Å². The molecule has 159 valence electrons. The van der Waals surface area contributed by atoms with Crippen molar-refractivity contribution in [2.75, 3.05) is 0 Å². The first-order chi connectivity index (χ1) is 15.3. The predicted octanol–water partition coefficient (Wildman–Crippen LogP) is 5.86. The van der Waals surface area contributed by atoms with Crippen molar-refractivity contribution in [2.24, 2.45) is 0 Å². The van der Waals surface area contributed by atoms with E-state index in [4.69, 9.17) is 0 Å². The average Bonchev–Trinajstić information content (AvgIpc) is 2.86. The van der Waals surface area contributed by atoms with Gasteiger partial charge < -0.3 is 9.97 Å². The van der Waals surface area contributed by atoms with E-state index >= 15 is 0 Å². The molecule has 0 spiro atoms. The minimum absolute atomic E-state index is 0. The van der Waals surface area contributed by atoms with Crippen LogP contribution in [0, 0.1) is 19.1 Å². The van der Waals surface area contributed by atoms with E-state index < -0.39 is 0 Å². The Morgan fingerprint density at radius 1 is 0.688 bits per heavy atom. The molecule has 0 aliphatic carbocycles. The van der Waals surface area contributed by atoms with Gasteiger partial charge in [0.2, 0.25) is 0 Å². The van der Waals surface area contributed by atoms with E-state index in [1.54, 1.807) is 18.6 Å². The molecule has 5 heteroatoms. The average molecular weight is 593 g/mol. The number of nitrogens with zero attached hydrogens (tertiary/aromatic N) is 4. The monoisotopic (exact) mass is 593 g/mol. The van der Waals surface area contributed by atoms with Crippen LogP contribution in [0.1, 0.15) is 5.69 Å². The molecule has 32 heavy (non-hydrogen) atoms. The van der Waals surface area contributed by atoms with Crippen LogP contribution in [-0.4, -0.2) is 19.9 Å². The largest absolute Gasteiger partial charge is 0.305 e. The van der Waals surface area contributed by atoms with E-state index in [1.165, 1.54) is 6.33 Å². The topological polar surface area (TPSA) is 51.6 Å². The van der Waals surface area contributed by atoms with Crippen molar-refractivity contribution >= 4 is 0 Å². The Morgan fingerprint density at radius 3 is 2.00 bits per heavy atom. The molecule has 0 bridgehead atoms. The smallest absolute Gasteiger partial charge is 0.115 e. The molecule has 0 saturated carbocycles. The van der Waals surface area contributed by atoms with E-state index in [2.05, 4.69) is 32.1 Å². The number of pyridine rings is 2. The second-order valence-electron chi connectivity index (χ2n) is 6.77. The molecule has 3 heterocycles. The van der Waals surface area contributed by atoms with Crippen molar-refractivity contribution in [3.8, 4) is 33.6 Å². The van der Waals surface area contributed by atoms with Crippen LogP contribution in [0.15, 0.2) is 104 Å². The number of aryl methyl sites for hydroxylation is 1. The first-order valence-electron chi connectivity index (χ1n) is 9.89. The van der Waals surface area contributed by atoms with Crippen LogP contribution in [-0.2, 0) is 20.1 Å². The molecular formula is C27H20IrN4-2. The van der Waals surface area contributed by atoms with Gasteiger partial charge >= 0.3 is 0 Å². The third kappa shape index (κ3) is 6.24. The SMILES string of the molecule is Cc1cccc(-c2[c-]cccc2)n1.[Ir].[c-]1ccccc1-c1cc(-c2cncnc2)ccn1. The summed E-state index contributed by atoms with van der Waals surface area (Å²) in [5.41, 5.74) is 6.99. The fraction of sp³-hybridized carbons (Fsp3) is 0.0370. The Morgan fingerprint density at radius 2 is 1.38 bits per heavy atom. The minimum Gasteiger partial charge on any atom is -0.305 e. The normalized spacial score (nSPS) is 9.78. The summed E-state index contributed by atoms with van der Waals surface area (Å²) in [5.74, 6) is 0. The number of aromatic nitrogens is 4. The van der Waals surface area contributed by atoms with Crippen molar-refractivity contribution in [1.82, 2.24) is 19.9 Å². The van der Waals surface area contributed by atoms with E-state index in [1.807, 2.05) is 85.8 Å². The van der Waals surface area contributed by atoms with Crippen LogP contribution >= 0.6 is 0 Å². The maximum atomic E-state index is 4.41. The van der Waals surface area contributed by atoms with Gasteiger partial charge in [-0.1, -0.05) is 18.2 Å². The summed E-state index contributed by atoms with van der Waals surface area (Å²) < 4.78 is 0. The molecule has 0 fully saturated rings. The maximum absolute atomic E-state index is 4.41. The zero-order valence-corrected chi connectivity index (χ0v) is 19.8. The van der Waals surface area contributed by atoms with Crippen molar-refractivity contribution < 1.29 is 20.1 Å². The summed E-state index contributed by atoms with van der Waals surface area (Å²) in [4.78, 5) is 16.8. The Bertz CT molecular complexity index is 1180. The van der Waals surface area contributed by atoms with Gasteiger partial charge in [-0.25, -0.2) is 9.97 Å². The maximum Gasteiger partial charge on any atom is 0.115 e. The Labute approximate surface area is 201 Å². The molecule has 0 amide bonds. The number of rotatable bonds is 3. The summed E-state index contributed by atoms with van der Waals surface area (Å²) in [6.45, 7) is 1.99. The zero-order chi connectivity index (χ0) is 21.3. The molecule has 0 N–H and O–H groups in total. The number of benzene rings is 2. The van der Waals surface area contributed by atoms with Gasteiger partial charge in [0.25, 0.3) is 0 Å². The summed E-state index contributed by atoms with van der Waals surface area (Å²) in [5, 5.41) is 0. The molecule has 0 saturated heterocycles. The van der Waals surface area contributed by atoms with Gasteiger partial charge in [0, 0.05) is 50.0 Å². The molecule has 5 aromatic rings. The predicted molar refractivity (Wildman–Crippen MR) is 123 cm³/mol. The van der Waals surface area contributed by atoms with Crippen molar-refractivity contribution in [1.29, 1.82) is 0 Å². The molecule has 5 rings (SSSR count). The van der Waals surface area contributed by atoms with Gasteiger partial charge in [-0.15, -0.1) is 71.8 Å². The van der Waals surface area contributed by atoms with Crippen LogP contribution in [0.3, 0.4) is 0 Å².